The van der Waals surface area contributed by atoms with Crippen molar-refractivity contribution in [2.45, 2.75) is 25.7 Å². The Balaban J connectivity index is 1.28. The maximum absolute atomic E-state index is 12.4. The lowest BCUT2D eigenvalue weighted by molar-refractivity contribution is -0.123. The van der Waals surface area contributed by atoms with Gasteiger partial charge in [-0.25, -0.2) is 10.9 Å². The third kappa shape index (κ3) is 7.76. The van der Waals surface area contributed by atoms with Gasteiger partial charge in [0.2, 0.25) is 11.8 Å². The molecule has 0 aliphatic rings. The maximum Gasteiger partial charge on any atom is 0.240 e. The second kappa shape index (κ2) is 13.9. The summed E-state index contributed by atoms with van der Waals surface area (Å²) >= 11 is 0. The molecule has 0 radical (unpaired) electrons. The van der Waals surface area contributed by atoms with Crippen molar-refractivity contribution in [3.05, 3.63) is 132 Å². The standard InChI is InChI=1S/C30H28N6O2/c37-27(33-35-29(23-13-3-1-4-14-23)25-17-9-11-21-31-25)19-7-8-20-28(38)34-36-30(24-15-5-2-6-16-24)26-18-10-12-22-32-26/h1-6,9-18,21-22H,7-8,19-20H2,(H,33,37)(H,34,38)/b35-29-,36-30-. The predicted molar refractivity (Wildman–Crippen MR) is 147 cm³/mol. The summed E-state index contributed by atoms with van der Waals surface area (Å²) in [6, 6.07) is 30.2. The number of amides is 2. The molecular formula is C30H28N6O2. The Morgan fingerprint density at radius 2 is 0.947 bits per heavy atom. The van der Waals surface area contributed by atoms with Crippen LogP contribution in [0.15, 0.2) is 120 Å². The van der Waals surface area contributed by atoms with Gasteiger partial charge in [0.05, 0.1) is 11.4 Å². The van der Waals surface area contributed by atoms with Crippen LogP contribution in [0.25, 0.3) is 0 Å². The van der Waals surface area contributed by atoms with Gasteiger partial charge < -0.3 is 0 Å². The molecule has 0 aliphatic carbocycles. The first-order chi connectivity index (χ1) is 18.7. The number of unbranched alkanes of at least 4 members (excludes halogenated alkanes) is 1. The van der Waals surface area contributed by atoms with Crippen molar-refractivity contribution in [3.8, 4) is 0 Å². The predicted octanol–water partition coefficient (Wildman–Crippen LogP) is 4.47. The summed E-state index contributed by atoms with van der Waals surface area (Å²) < 4.78 is 0. The van der Waals surface area contributed by atoms with Crippen LogP contribution >= 0.6 is 0 Å². The third-order valence-electron chi connectivity index (χ3n) is 5.55. The molecule has 8 heteroatoms. The molecule has 0 spiro atoms. The number of aromatic nitrogens is 2. The molecule has 4 rings (SSSR count). The molecule has 8 nitrogen and oxygen atoms in total. The zero-order chi connectivity index (χ0) is 26.4. The van der Waals surface area contributed by atoms with E-state index in [2.05, 4.69) is 31.0 Å². The number of hydrazone groups is 2. The first-order valence-corrected chi connectivity index (χ1v) is 12.4. The molecule has 190 valence electrons. The van der Waals surface area contributed by atoms with Crippen molar-refractivity contribution >= 4 is 23.2 Å². The maximum atomic E-state index is 12.4. The Morgan fingerprint density at radius 3 is 1.32 bits per heavy atom. The highest BCUT2D eigenvalue weighted by atomic mass is 16.2. The van der Waals surface area contributed by atoms with Crippen LogP contribution in [0.3, 0.4) is 0 Å². The van der Waals surface area contributed by atoms with Crippen LogP contribution in [-0.4, -0.2) is 33.2 Å². The van der Waals surface area contributed by atoms with E-state index in [1.807, 2.05) is 97.1 Å². The lowest BCUT2D eigenvalue weighted by Gasteiger charge is -2.08. The second-order valence-electron chi connectivity index (χ2n) is 8.36. The Labute approximate surface area is 221 Å². The highest BCUT2D eigenvalue weighted by Gasteiger charge is 2.11. The van der Waals surface area contributed by atoms with Gasteiger partial charge in [0, 0.05) is 36.4 Å². The molecule has 0 bridgehead atoms. The van der Waals surface area contributed by atoms with Gasteiger partial charge in [-0.3, -0.25) is 19.6 Å². The largest absolute Gasteiger partial charge is 0.273 e. The van der Waals surface area contributed by atoms with Gasteiger partial charge in [-0.2, -0.15) is 10.2 Å². The number of rotatable bonds is 11. The minimum Gasteiger partial charge on any atom is -0.273 e. The minimum absolute atomic E-state index is 0.227. The number of benzene rings is 2. The molecule has 4 aromatic rings. The van der Waals surface area contributed by atoms with E-state index in [4.69, 9.17) is 0 Å². The summed E-state index contributed by atoms with van der Waals surface area (Å²) in [7, 11) is 0. The monoisotopic (exact) mass is 504 g/mol. The average molecular weight is 505 g/mol. The fraction of sp³-hybridized carbons (Fsp3) is 0.133. The molecule has 0 atom stereocenters. The number of nitrogens with one attached hydrogen (secondary N) is 2. The van der Waals surface area contributed by atoms with Gasteiger partial charge >= 0.3 is 0 Å². The van der Waals surface area contributed by atoms with Gasteiger partial charge in [0.15, 0.2) is 0 Å². The first-order valence-electron chi connectivity index (χ1n) is 12.4. The van der Waals surface area contributed by atoms with E-state index in [1.165, 1.54) is 0 Å². The smallest absolute Gasteiger partial charge is 0.240 e. The number of carbonyl (C=O) groups excluding carboxylic acids is 2. The molecule has 2 aromatic carbocycles. The highest BCUT2D eigenvalue weighted by molar-refractivity contribution is 6.12. The molecule has 2 N–H and O–H groups in total. The van der Waals surface area contributed by atoms with Crippen LogP contribution in [0, 0.1) is 0 Å². The molecule has 0 aliphatic heterocycles. The van der Waals surface area contributed by atoms with Crippen molar-refractivity contribution in [1.82, 2.24) is 20.8 Å². The third-order valence-corrected chi connectivity index (χ3v) is 5.55. The Hall–Kier alpha value is -4.98. The molecular weight excluding hydrogens is 476 g/mol. The summed E-state index contributed by atoms with van der Waals surface area (Å²) in [6.45, 7) is 0. The van der Waals surface area contributed by atoms with Gasteiger partial charge in [-0.1, -0.05) is 72.8 Å². The average Bonchev–Trinajstić information content (AvgIpc) is 2.98. The summed E-state index contributed by atoms with van der Waals surface area (Å²) in [5.74, 6) is -0.455. The van der Waals surface area contributed by atoms with E-state index in [0.717, 1.165) is 11.1 Å². The highest BCUT2D eigenvalue weighted by Crippen LogP contribution is 2.10. The van der Waals surface area contributed by atoms with E-state index in [-0.39, 0.29) is 24.7 Å². The number of hydrogen-bond donors (Lipinski definition) is 2. The first kappa shape index (κ1) is 26.1. The van der Waals surface area contributed by atoms with Gasteiger partial charge in [-0.05, 0) is 37.1 Å². The summed E-state index contributed by atoms with van der Waals surface area (Å²) in [6.07, 6.45) is 4.93. The van der Waals surface area contributed by atoms with Crippen molar-refractivity contribution in [1.29, 1.82) is 0 Å². The summed E-state index contributed by atoms with van der Waals surface area (Å²) in [5.41, 5.74) is 9.44. The van der Waals surface area contributed by atoms with Crippen LogP contribution in [-0.2, 0) is 9.59 Å². The number of pyridine rings is 2. The molecule has 0 saturated heterocycles. The van der Waals surface area contributed by atoms with Crippen molar-refractivity contribution < 1.29 is 9.59 Å². The molecule has 0 unspecified atom stereocenters. The quantitative estimate of drug-likeness (QED) is 0.178. The second-order valence-corrected chi connectivity index (χ2v) is 8.36. The molecule has 0 saturated carbocycles. The van der Waals surface area contributed by atoms with Crippen LogP contribution in [0.5, 0.6) is 0 Å². The van der Waals surface area contributed by atoms with Crippen LogP contribution in [0.4, 0.5) is 0 Å². The molecule has 2 aromatic heterocycles. The van der Waals surface area contributed by atoms with E-state index in [1.54, 1.807) is 12.4 Å². The summed E-state index contributed by atoms with van der Waals surface area (Å²) in [5, 5.41) is 8.67. The molecule has 2 heterocycles. The Kier molecular flexibility index (Phi) is 9.57. The van der Waals surface area contributed by atoms with Crippen molar-refractivity contribution in [2.75, 3.05) is 0 Å². The van der Waals surface area contributed by atoms with Crippen LogP contribution in [0.1, 0.15) is 48.2 Å². The van der Waals surface area contributed by atoms with Crippen LogP contribution in [0.2, 0.25) is 0 Å². The number of nitrogens with zero attached hydrogens (tertiary/aromatic N) is 4. The normalized spacial score (nSPS) is 11.6. The SMILES string of the molecule is O=C(CCCCC(=O)N/N=C(/c1ccccc1)c1ccccn1)N/N=C(/c1ccccc1)c1ccccn1. The van der Waals surface area contributed by atoms with E-state index in [0.29, 0.717) is 35.7 Å². The topological polar surface area (TPSA) is 109 Å². The summed E-state index contributed by atoms with van der Waals surface area (Å²) in [4.78, 5) is 33.5. The fourth-order valence-corrected chi connectivity index (χ4v) is 3.66. The number of hydrogen-bond acceptors (Lipinski definition) is 6. The van der Waals surface area contributed by atoms with E-state index < -0.39 is 0 Å². The lowest BCUT2D eigenvalue weighted by Crippen LogP contribution is -2.22. The Morgan fingerprint density at radius 1 is 0.553 bits per heavy atom. The van der Waals surface area contributed by atoms with Crippen molar-refractivity contribution in [2.24, 2.45) is 10.2 Å². The zero-order valence-corrected chi connectivity index (χ0v) is 20.8. The fourth-order valence-electron chi connectivity index (χ4n) is 3.66. The van der Waals surface area contributed by atoms with Gasteiger partial charge in [0.25, 0.3) is 0 Å². The zero-order valence-electron chi connectivity index (χ0n) is 20.8. The van der Waals surface area contributed by atoms with E-state index in [9.17, 15) is 9.59 Å². The van der Waals surface area contributed by atoms with Gasteiger partial charge in [-0.15, -0.1) is 0 Å². The molecule has 38 heavy (non-hydrogen) atoms. The minimum atomic E-state index is -0.227. The number of carbonyl (C=O) groups is 2. The van der Waals surface area contributed by atoms with E-state index >= 15 is 0 Å². The lowest BCUT2D eigenvalue weighted by atomic mass is 10.1. The van der Waals surface area contributed by atoms with Crippen molar-refractivity contribution in [3.63, 3.8) is 0 Å². The molecule has 0 fully saturated rings. The van der Waals surface area contributed by atoms with Crippen LogP contribution < -0.4 is 10.9 Å². The Bertz CT molecular complexity index is 1180. The van der Waals surface area contributed by atoms with Gasteiger partial charge in [0.1, 0.15) is 11.4 Å². The molecule has 2 amide bonds.